The van der Waals surface area contributed by atoms with E-state index in [-0.39, 0.29) is 11.3 Å². The van der Waals surface area contributed by atoms with Gasteiger partial charge in [-0.05, 0) is 37.8 Å². The summed E-state index contributed by atoms with van der Waals surface area (Å²) in [5, 5.41) is 11.0. The van der Waals surface area contributed by atoms with E-state index in [4.69, 9.17) is 28.4 Å². The molecule has 3 saturated heterocycles. The summed E-state index contributed by atoms with van der Waals surface area (Å²) in [6, 6.07) is 5.36. The van der Waals surface area contributed by atoms with Crippen LogP contribution in [-0.4, -0.2) is 59.8 Å². The molecule has 5 fully saturated rings. The Morgan fingerprint density at radius 2 is 1.54 bits per heavy atom. The molecule has 1 aromatic rings. The van der Waals surface area contributed by atoms with E-state index in [1.807, 2.05) is 0 Å². The smallest absolute Gasteiger partial charge is 0.338 e. The van der Waals surface area contributed by atoms with Crippen molar-refractivity contribution < 1.29 is 38.1 Å². The molecule has 190 valence electrons. The Morgan fingerprint density at radius 3 is 2.20 bits per heavy atom. The first kappa shape index (κ1) is 23.3. The molecule has 5 aliphatic rings. The molecule has 5 atom stereocenters. The van der Waals surface area contributed by atoms with E-state index in [0.717, 1.165) is 57.8 Å². The third kappa shape index (κ3) is 4.35. The Morgan fingerprint density at radius 1 is 0.886 bits per heavy atom. The summed E-state index contributed by atoms with van der Waals surface area (Å²) in [7, 11) is 0. The van der Waals surface area contributed by atoms with Crippen molar-refractivity contribution in [2.24, 2.45) is 0 Å². The van der Waals surface area contributed by atoms with Crippen LogP contribution in [0.15, 0.2) is 24.3 Å². The van der Waals surface area contributed by atoms with Gasteiger partial charge in [0, 0.05) is 37.8 Å². The number of nitro benzene ring substituents is 1. The van der Waals surface area contributed by atoms with Crippen LogP contribution in [0.25, 0.3) is 0 Å². The summed E-state index contributed by atoms with van der Waals surface area (Å²) in [5.41, 5.74) is 0.126. The number of carbonyl (C=O) groups is 1. The van der Waals surface area contributed by atoms with Gasteiger partial charge < -0.3 is 28.4 Å². The minimum atomic E-state index is -0.753. The van der Waals surface area contributed by atoms with E-state index >= 15 is 0 Å². The standard InChI is InChI=1S/C25H31NO9/c27-22(16-7-9-17(10-8-16)26(28)29)31-20-19(18-15-30-24(33-18)11-3-1-4-12-24)32-23-21(20)34-25(35-23)13-5-2-6-14-25/h7-10,18-21,23H,1-6,11-15H2/t18-,19-,20+,21+,23+/m0/s1. The minimum Gasteiger partial charge on any atom is -0.453 e. The van der Waals surface area contributed by atoms with E-state index in [0.29, 0.717) is 6.61 Å². The van der Waals surface area contributed by atoms with Crippen molar-refractivity contribution in [1.29, 1.82) is 0 Å². The topological polar surface area (TPSA) is 116 Å². The average molecular weight is 490 g/mol. The SMILES string of the molecule is O=C(O[C@@H]1[C@H]([C@@H]2COC3(CCCCC3)O2)O[C@@H]2OC3(CCCCC3)O[C@@H]21)c1ccc([N+](=O)[O-])cc1. The average Bonchev–Trinajstić information content (AvgIpc) is 3.52. The normalized spacial score (nSPS) is 35.3. The van der Waals surface area contributed by atoms with Gasteiger partial charge in [-0.2, -0.15) is 0 Å². The highest BCUT2D eigenvalue weighted by Crippen LogP contribution is 2.48. The number of benzene rings is 1. The van der Waals surface area contributed by atoms with Crippen LogP contribution in [0.4, 0.5) is 5.69 Å². The number of non-ortho nitro benzene ring substituents is 1. The molecule has 3 aliphatic heterocycles. The zero-order chi connectivity index (χ0) is 24.0. The molecule has 0 N–H and O–H groups in total. The number of ether oxygens (including phenoxy) is 6. The van der Waals surface area contributed by atoms with Crippen LogP contribution in [0.1, 0.15) is 74.6 Å². The molecule has 2 saturated carbocycles. The third-order valence-electron chi connectivity index (χ3n) is 7.92. The molecule has 35 heavy (non-hydrogen) atoms. The fourth-order valence-electron chi connectivity index (χ4n) is 6.12. The highest BCUT2D eigenvalue weighted by atomic mass is 16.9. The maximum Gasteiger partial charge on any atom is 0.338 e. The number of nitrogens with zero attached hydrogens (tertiary/aromatic N) is 1. The number of rotatable bonds is 4. The molecule has 6 rings (SSSR count). The molecule has 0 bridgehead atoms. The number of carbonyl (C=O) groups excluding carboxylic acids is 1. The Hall–Kier alpha value is -2.11. The lowest BCUT2D eigenvalue weighted by Crippen LogP contribution is -2.46. The summed E-state index contributed by atoms with van der Waals surface area (Å²) in [6.45, 7) is 0.348. The van der Waals surface area contributed by atoms with Crippen molar-refractivity contribution in [2.45, 2.75) is 106 Å². The second kappa shape index (κ2) is 9.08. The molecule has 0 radical (unpaired) electrons. The largest absolute Gasteiger partial charge is 0.453 e. The Kier molecular flexibility index (Phi) is 6.04. The summed E-state index contributed by atoms with van der Waals surface area (Å²) < 4.78 is 37.5. The molecule has 0 unspecified atom stereocenters. The van der Waals surface area contributed by atoms with Crippen LogP contribution in [-0.2, 0) is 28.4 Å². The Bertz CT molecular complexity index is 954. The molecule has 2 spiro atoms. The Balaban J connectivity index is 1.22. The van der Waals surface area contributed by atoms with Crippen molar-refractivity contribution in [3.8, 4) is 0 Å². The summed E-state index contributed by atoms with van der Waals surface area (Å²) >= 11 is 0. The number of hydrogen-bond donors (Lipinski definition) is 0. The minimum absolute atomic E-state index is 0.0928. The number of fused-ring (bicyclic) bond motifs is 1. The molecule has 10 heteroatoms. The van der Waals surface area contributed by atoms with Gasteiger partial charge in [-0.25, -0.2) is 4.79 Å². The van der Waals surface area contributed by atoms with E-state index in [2.05, 4.69) is 0 Å². The molecular weight excluding hydrogens is 458 g/mol. The van der Waals surface area contributed by atoms with Crippen LogP contribution in [0, 0.1) is 10.1 Å². The van der Waals surface area contributed by atoms with Gasteiger partial charge in [-0.15, -0.1) is 0 Å². The van der Waals surface area contributed by atoms with Crippen LogP contribution in [0.5, 0.6) is 0 Å². The van der Waals surface area contributed by atoms with Crippen molar-refractivity contribution in [2.75, 3.05) is 6.61 Å². The lowest BCUT2D eigenvalue weighted by atomic mass is 9.94. The highest BCUT2D eigenvalue weighted by molar-refractivity contribution is 5.89. The second-order valence-corrected chi connectivity index (χ2v) is 10.3. The quantitative estimate of drug-likeness (QED) is 0.351. The van der Waals surface area contributed by atoms with Gasteiger partial charge in [0.05, 0.1) is 17.1 Å². The first-order chi connectivity index (χ1) is 17.0. The molecule has 10 nitrogen and oxygen atoms in total. The lowest BCUT2D eigenvalue weighted by molar-refractivity contribution is -0.384. The fourth-order valence-corrected chi connectivity index (χ4v) is 6.12. The zero-order valence-corrected chi connectivity index (χ0v) is 19.6. The van der Waals surface area contributed by atoms with Crippen molar-refractivity contribution in [1.82, 2.24) is 0 Å². The van der Waals surface area contributed by atoms with E-state index in [9.17, 15) is 14.9 Å². The molecule has 3 heterocycles. The highest BCUT2D eigenvalue weighted by Gasteiger charge is 2.62. The van der Waals surface area contributed by atoms with E-state index in [1.165, 1.54) is 30.7 Å². The summed E-state index contributed by atoms with van der Waals surface area (Å²) in [6.07, 6.45) is 6.68. The van der Waals surface area contributed by atoms with Gasteiger partial charge in [0.15, 0.2) is 30.1 Å². The predicted molar refractivity (Wildman–Crippen MR) is 119 cm³/mol. The monoisotopic (exact) mass is 489 g/mol. The van der Waals surface area contributed by atoms with Crippen LogP contribution in [0.3, 0.4) is 0 Å². The van der Waals surface area contributed by atoms with Crippen molar-refractivity contribution in [3.63, 3.8) is 0 Å². The van der Waals surface area contributed by atoms with Gasteiger partial charge in [0.25, 0.3) is 5.69 Å². The van der Waals surface area contributed by atoms with Gasteiger partial charge in [-0.1, -0.05) is 12.8 Å². The number of hydrogen-bond acceptors (Lipinski definition) is 9. The third-order valence-corrected chi connectivity index (χ3v) is 7.92. The second-order valence-electron chi connectivity index (χ2n) is 10.3. The molecular formula is C25H31NO9. The molecule has 2 aliphatic carbocycles. The van der Waals surface area contributed by atoms with Crippen molar-refractivity contribution >= 4 is 11.7 Å². The summed E-state index contributed by atoms with van der Waals surface area (Å²) in [5.74, 6) is -1.89. The number of esters is 1. The van der Waals surface area contributed by atoms with Crippen LogP contribution >= 0.6 is 0 Å². The van der Waals surface area contributed by atoms with E-state index in [1.54, 1.807) is 0 Å². The maximum atomic E-state index is 13.1. The fraction of sp³-hybridized carbons (Fsp3) is 0.720. The van der Waals surface area contributed by atoms with Crippen molar-refractivity contribution in [3.05, 3.63) is 39.9 Å². The zero-order valence-electron chi connectivity index (χ0n) is 19.6. The van der Waals surface area contributed by atoms with Crippen LogP contribution < -0.4 is 0 Å². The predicted octanol–water partition coefficient (Wildman–Crippen LogP) is 4.00. The molecule has 0 amide bonds. The van der Waals surface area contributed by atoms with Gasteiger partial charge in [-0.3, -0.25) is 10.1 Å². The lowest BCUT2D eigenvalue weighted by Gasteiger charge is -2.35. The first-order valence-electron chi connectivity index (χ1n) is 12.7. The van der Waals surface area contributed by atoms with Gasteiger partial charge in [0.1, 0.15) is 12.2 Å². The van der Waals surface area contributed by atoms with E-state index < -0.39 is 53.2 Å². The summed E-state index contributed by atoms with van der Waals surface area (Å²) in [4.78, 5) is 23.5. The first-order valence-corrected chi connectivity index (χ1v) is 12.7. The Labute approximate surface area is 203 Å². The maximum absolute atomic E-state index is 13.1. The van der Waals surface area contributed by atoms with Gasteiger partial charge in [0.2, 0.25) is 0 Å². The van der Waals surface area contributed by atoms with Crippen LogP contribution in [0.2, 0.25) is 0 Å². The number of nitro groups is 1. The van der Waals surface area contributed by atoms with Gasteiger partial charge >= 0.3 is 5.97 Å². The molecule has 1 aromatic carbocycles. The molecule has 0 aromatic heterocycles.